The summed E-state index contributed by atoms with van der Waals surface area (Å²) in [7, 11) is 0. The summed E-state index contributed by atoms with van der Waals surface area (Å²) in [5.74, 6) is -0.587. The summed E-state index contributed by atoms with van der Waals surface area (Å²) < 4.78 is 10.7. The number of rotatable bonds is 49. The molecule has 1 unspecified atom stereocenters. The predicted octanol–water partition coefficient (Wildman–Crippen LogP) is 18.0. The van der Waals surface area contributed by atoms with Crippen LogP contribution in [0.25, 0.3) is 0 Å². The highest BCUT2D eigenvalue weighted by atomic mass is 16.6. The molecule has 5 heteroatoms. The molecule has 0 saturated carbocycles. The Hall–Kier alpha value is -2.66. The SMILES string of the molecule is CC/C=C\C/C=C\C/C=C\C/C=C\C/C=C\C/C=C\CCCCCCCCCCCCC(=O)OC(CO)COC(=O)CCCCCCCCCCCCCCCCCCCCCC. The first kappa shape index (κ1) is 60.3. The number of allylic oxidation sites excluding steroid dienone is 12. The molecule has 0 aliphatic carbocycles. The van der Waals surface area contributed by atoms with Gasteiger partial charge in [0.05, 0.1) is 6.61 Å². The Bertz CT molecular complexity index is 1130. The van der Waals surface area contributed by atoms with E-state index in [4.69, 9.17) is 9.47 Å². The Labute approximate surface area is 391 Å². The molecule has 0 amide bonds. The van der Waals surface area contributed by atoms with E-state index in [9.17, 15) is 14.7 Å². The standard InChI is InChI=1S/C58H102O5/c1-3-5-7-9-11-13-15-17-19-21-23-25-26-27-28-29-30-31-32-33-35-37-39-41-43-45-47-49-51-53-58(61)63-56(54-59)55-62-57(60)52-50-48-46-44-42-40-38-36-34-24-22-20-18-16-14-12-10-8-6-4-2/h5,7,11,13,17,19,23,25,27-28,30-31,56,59H,3-4,6,8-10,12,14-16,18,20-22,24,26,29,32-55H2,1-2H3/b7-5-,13-11-,19-17-,25-23-,28-27-,31-30-. The third kappa shape index (κ3) is 51.9. The Morgan fingerprint density at radius 2 is 0.683 bits per heavy atom. The van der Waals surface area contributed by atoms with Gasteiger partial charge in [0.1, 0.15) is 6.61 Å². The van der Waals surface area contributed by atoms with E-state index in [0.717, 1.165) is 77.0 Å². The molecule has 0 aromatic carbocycles. The van der Waals surface area contributed by atoms with Crippen LogP contribution in [0.15, 0.2) is 72.9 Å². The number of aliphatic hydroxyl groups is 1. The zero-order chi connectivity index (χ0) is 45.6. The van der Waals surface area contributed by atoms with Crippen LogP contribution < -0.4 is 0 Å². The first-order chi connectivity index (χ1) is 31.1. The van der Waals surface area contributed by atoms with Crippen molar-refractivity contribution in [3.8, 4) is 0 Å². The number of carbonyl (C=O) groups is 2. The lowest BCUT2D eigenvalue weighted by Gasteiger charge is -2.15. The van der Waals surface area contributed by atoms with Crippen molar-refractivity contribution in [1.82, 2.24) is 0 Å². The molecule has 1 N–H and O–H groups in total. The van der Waals surface area contributed by atoms with Gasteiger partial charge in [-0.25, -0.2) is 0 Å². The fraction of sp³-hybridized carbons (Fsp3) is 0.759. The molecule has 0 aliphatic heterocycles. The van der Waals surface area contributed by atoms with Crippen LogP contribution >= 0.6 is 0 Å². The molecule has 0 aliphatic rings. The third-order valence-electron chi connectivity index (χ3n) is 11.8. The number of carbonyl (C=O) groups excluding carboxylic acids is 2. The largest absolute Gasteiger partial charge is 0.462 e. The summed E-state index contributed by atoms with van der Waals surface area (Å²) in [4.78, 5) is 24.5. The van der Waals surface area contributed by atoms with E-state index in [-0.39, 0.29) is 25.2 Å². The van der Waals surface area contributed by atoms with Gasteiger partial charge >= 0.3 is 11.9 Å². The van der Waals surface area contributed by atoms with E-state index in [1.807, 2.05) is 0 Å². The first-order valence-corrected chi connectivity index (χ1v) is 27.0. The van der Waals surface area contributed by atoms with E-state index >= 15 is 0 Å². The Kier molecular flexibility index (Phi) is 51.4. The van der Waals surface area contributed by atoms with Gasteiger partial charge < -0.3 is 14.6 Å². The van der Waals surface area contributed by atoms with Crippen LogP contribution in [0.5, 0.6) is 0 Å². The molecule has 0 aromatic rings. The minimum absolute atomic E-state index is 0.0667. The van der Waals surface area contributed by atoms with E-state index < -0.39 is 6.10 Å². The minimum Gasteiger partial charge on any atom is -0.462 e. The molecule has 0 heterocycles. The van der Waals surface area contributed by atoms with Gasteiger partial charge in [-0.05, 0) is 64.2 Å². The fourth-order valence-corrected chi connectivity index (χ4v) is 7.74. The molecule has 5 nitrogen and oxygen atoms in total. The van der Waals surface area contributed by atoms with Crippen LogP contribution in [0.3, 0.4) is 0 Å². The Balaban J connectivity index is 3.51. The average molecular weight is 879 g/mol. The zero-order valence-electron chi connectivity index (χ0n) is 41.6. The monoisotopic (exact) mass is 879 g/mol. The quantitative estimate of drug-likeness (QED) is 0.0374. The summed E-state index contributed by atoms with van der Waals surface area (Å²) in [6.45, 7) is 4.05. The molecular weight excluding hydrogens is 777 g/mol. The van der Waals surface area contributed by atoms with Crippen LogP contribution in [0, 0.1) is 0 Å². The summed E-state index contributed by atoms with van der Waals surface area (Å²) in [6, 6.07) is 0. The maximum atomic E-state index is 12.3. The lowest BCUT2D eigenvalue weighted by molar-refractivity contribution is -0.161. The van der Waals surface area contributed by atoms with Crippen molar-refractivity contribution in [2.75, 3.05) is 13.2 Å². The summed E-state index contributed by atoms with van der Waals surface area (Å²) >= 11 is 0. The molecule has 0 bridgehead atoms. The first-order valence-electron chi connectivity index (χ1n) is 27.0. The second kappa shape index (κ2) is 53.7. The highest BCUT2D eigenvalue weighted by Crippen LogP contribution is 2.16. The number of hydrogen-bond acceptors (Lipinski definition) is 5. The lowest BCUT2D eigenvalue weighted by atomic mass is 10.0. The second-order valence-electron chi connectivity index (χ2n) is 17.9. The van der Waals surface area contributed by atoms with Gasteiger partial charge in [0.25, 0.3) is 0 Å². The maximum absolute atomic E-state index is 12.3. The van der Waals surface area contributed by atoms with Gasteiger partial charge in [0.2, 0.25) is 0 Å². The molecule has 0 rings (SSSR count). The van der Waals surface area contributed by atoms with Crippen LogP contribution in [-0.4, -0.2) is 36.4 Å². The van der Waals surface area contributed by atoms with E-state index in [0.29, 0.717) is 12.8 Å². The Morgan fingerprint density at radius 3 is 1.03 bits per heavy atom. The summed E-state index contributed by atoms with van der Waals surface area (Å²) in [5.41, 5.74) is 0. The smallest absolute Gasteiger partial charge is 0.306 e. The van der Waals surface area contributed by atoms with Crippen LogP contribution in [0.1, 0.15) is 264 Å². The van der Waals surface area contributed by atoms with Crippen molar-refractivity contribution in [2.24, 2.45) is 0 Å². The van der Waals surface area contributed by atoms with Crippen molar-refractivity contribution >= 4 is 11.9 Å². The van der Waals surface area contributed by atoms with Crippen LogP contribution in [-0.2, 0) is 19.1 Å². The third-order valence-corrected chi connectivity index (χ3v) is 11.8. The van der Waals surface area contributed by atoms with Crippen molar-refractivity contribution in [1.29, 1.82) is 0 Å². The molecule has 0 aromatic heterocycles. The highest BCUT2D eigenvalue weighted by molar-refractivity contribution is 5.70. The van der Waals surface area contributed by atoms with Gasteiger partial charge in [-0.15, -0.1) is 0 Å². The van der Waals surface area contributed by atoms with E-state index in [1.165, 1.54) is 161 Å². The van der Waals surface area contributed by atoms with Gasteiger partial charge in [-0.3, -0.25) is 9.59 Å². The molecule has 0 spiro atoms. The second-order valence-corrected chi connectivity index (χ2v) is 17.9. The number of hydrogen-bond donors (Lipinski definition) is 1. The minimum atomic E-state index is -0.776. The van der Waals surface area contributed by atoms with E-state index in [1.54, 1.807) is 0 Å². The zero-order valence-corrected chi connectivity index (χ0v) is 41.6. The number of unbranched alkanes of at least 4 members (excludes halogenated alkanes) is 29. The molecule has 63 heavy (non-hydrogen) atoms. The lowest BCUT2D eigenvalue weighted by Crippen LogP contribution is -2.28. The maximum Gasteiger partial charge on any atom is 0.306 e. The van der Waals surface area contributed by atoms with Gasteiger partial charge in [-0.1, -0.05) is 260 Å². The topological polar surface area (TPSA) is 72.8 Å². The van der Waals surface area contributed by atoms with Crippen molar-refractivity contribution in [2.45, 2.75) is 270 Å². The molecule has 0 fully saturated rings. The van der Waals surface area contributed by atoms with Crippen LogP contribution in [0.2, 0.25) is 0 Å². The molecule has 0 saturated heterocycles. The number of ether oxygens (including phenoxy) is 2. The summed E-state index contributed by atoms with van der Waals surface area (Å²) in [5, 5.41) is 9.64. The van der Waals surface area contributed by atoms with Crippen LogP contribution in [0.4, 0.5) is 0 Å². The van der Waals surface area contributed by atoms with Gasteiger partial charge in [0, 0.05) is 12.8 Å². The van der Waals surface area contributed by atoms with E-state index in [2.05, 4.69) is 86.8 Å². The van der Waals surface area contributed by atoms with Crippen molar-refractivity contribution < 1.29 is 24.2 Å². The summed E-state index contributed by atoms with van der Waals surface area (Å²) in [6.07, 6.45) is 72.9. The Morgan fingerprint density at radius 1 is 0.381 bits per heavy atom. The molecule has 364 valence electrons. The average Bonchev–Trinajstić information content (AvgIpc) is 3.29. The van der Waals surface area contributed by atoms with Gasteiger partial charge in [-0.2, -0.15) is 0 Å². The van der Waals surface area contributed by atoms with Gasteiger partial charge in [0.15, 0.2) is 6.10 Å². The highest BCUT2D eigenvalue weighted by Gasteiger charge is 2.16. The molecule has 0 radical (unpaired) electrons. The van der Waals surface area contributed by atoms with Crippen molar-refractivity contribution in [3.05, 3.63) is 72.9 Å². The molecule has 1 atom stereocenters. The predicted molar refractivity (Wildman–Crippen MR) is 274 cm³/mol. The fourth-order valence-electron chi connectivity index (χ4n) is 7.74. The number of aliphatic hydroxyl groups excluding tert-OH is 1. The number of esters is 2. The molecular formula is C58H102O5. The normalized spacial score (nSPS) is 12.7. The van der Waals surface area contributed by atoms with Crippen molar-refractivity contribution in [3.63, 3.8) is 0 Å².